The van der Waals surface area contributed by atoms with Gasteiger partial charge in [0, 0.05) is 5.39 Å². The van der Waals surface area contributed by atoms with Gasteiger partial charge in [-0.05, 0) is 29.8 Å². The molecule has 0 fully saturated rings. The Morgan fingerprint density at radius 2 is 2.00 bits per heavy atom. The number of benzene rings is 1. The molecule has 1 aromatic carbocycles. The van der Waals surface area contributed by atoms with Crippen LogP contribution in [0.5, 0.6) is 5.75 Å². The van der Waals surface area contributed by atoms with Crippen molar-refractivity contribution in [2.75, 3.05) is 0 Å². The number of aryl methyl sites for hydroxylation is 1. The topological polar surface area (TPSA) is 99.6 Å². The Kier molecular flexibility index (Phi) is 2.47. The van der Waals surface area contributed by atoms with Gasteiger partial charge in [0.15, 0.2) is 5.75 Å². The predicted octanol–water partition coefficient (Wildman–Crippen LogP) is 1.30. The molecule has 0 amide bonds. The number of hydrogen-bond donors (Lipinski definition) is 2. The minimum absolute atomic E-state index is 0.125. The number of nitrogens with one attached hydrogen (secondary N) is 1. The van der Waals surface area contributed by atoms with Gasteiger partial charge >= 0.3 is 0 Å². The Balaban J connectivity index is 3.16. The lowest BCUT2D eigenvalue weighted by Gasteiger charge is -1.93. The number of rotatable bonds is 1. The Hall–Kier alpha value is -2.50. The van der Waals surface area contributed by atoms with Crippen molar-refractivity contribution in [3.63, 3.8) is 0 Å². The third kappa shape index (κ3) is 1.69. The third-order valence-electron chi connectivity index (χ3n) is 2.41. The van der Waals surface area contributed by atoms with E-state index in [0.717, 1.165) is 5.56 Å². The molecule has 0 bridgehead atoms. The average molecular weight is 232 g/mol. The third-order valence-corrected chi connectivity index (χ3v) is 2.41. The number of aromatic nitrogens is 1. The lowest BCUT2D eigenvalue weighted by atomic mass is 10.1. The molecule has 1 aromatic heterocycles. The summed E-state index contributed by atoms with van der Waals surface area (Å²) in [6.07, 6.45) is 0. The van der Waals surface area contributed by atoms with Crippen molar-refractivity contribution < 1.29 is 5.11 Å². The van der Waals surface area contributed by atoms with Crippen LogP contribution in [0.3, 0.4) is 0 Å². The first-order valence-corrected chi connectivity index (χ1v) is 4.78. The maximum atomic E-state index is 11.8. The van der Waals surface area contributed by atoms with Crippen LogP contribution in [0.15, 0.2) is 33.0 Å². The molecule has 86 valence electrons. The van der Waals surface area contributed by atoms with Crippen LogP contribution >= 0.6 is 0 Å². The number of aromatic amines is 1. The number of fused-ring (bicyclic) bond motifs is 1. The second kappa shape index (κ2) is 3.82. The molecule has 0 spiro atoms. The molecule has 0 aliphatic carbocycles. The average Bonchev–Trinajstić information content (AvgIpc) is 2.36. The maximum absolute atomic E-state index is 11.8. The summed E-state index contributed by atoms with van der Waals surface area (Å²) in [5.74, 6) is -0.930. The highest BCUT2D eigenvalue weighted by Crippen LogP contribution is 2.18. The molecule has 0 atom stereocenters. The Labute approximate surface area is 94.5 Å². The fourth-order valence-corrected chi connectivity index (χ4v) is 1.57. The van der Waals surface area contributed by atoms with Crippen molar-refractivity contribution in [3.05, 3.63) is 49.2 Å². The summed E-state index contributed by atoms with van der Waals surface area (Å²) in [5.41, 5.74) is -1.41. The second-order valence-electron chi connectivity index (χ2n) is 3.62. The molecule has 0 aliphatic heterocycles. The predicted molar refractivity (Wildman–Crippen MR) is 62.7 cm³/mol. The van der Waals surface area contributed by atoms with E-state index in [1.807, 2.05) is 0 Å². The van der Waals surface area contributed by atoms with Gasteiger partial charge in [0.25, 0.3) is 5.56 Å². The lowest BCUT2D eigenvalue weighted by Crippen LogP contribution is -2.01. The molecule has 17 heavy (non-hydrogen) atoms. The molecule has 2 N–H and O–H groups in total. The monoisotopic (exact) mass is 232 g/mol. The highest BCUT2D eigenvalue weighted by Gasteiger charge is 2.12. The number of H-pyrrole nitrogens is 1. The lowest BCUT2D eigenvalue weighted by molar-refractivity contribution is 0.472. The van der Waals surface area contributed by atoms with Crippen LogP contribution < -0.4 is 11.0 Å². The number of hydrogen-bond acceptors (Lipinski definition) is 5. The van der Waals surface area contributed by atoms with Crippen LogP contribution in [0, 0.1) is 11.8 Å². The second-order valence-corrected chi connectivity index (χ2v) is 3.62. The number of nitrogens with zero attached hydrogens (tertiary/aromatic N) is 1. The largest absolute Gasteiger partial charge is 0.502 e. The van der Waals surface area contributed by atoms with E-state index in [2.05, 4.69) is 10.2 Å². The molecule has 6 nitrogen and oxygen atoms in total. The van der Waals surface area contributed by atoms with Crippen LogP contribution in [0.4, 0.5) is 5.69 Å². The summed E-state index contributed by atoms with van der Waals surface area (Å²) < 4.78 is 0. The van der Waals surface area contributed by atoms with Gasteiger partial charge in [0.2, 0.25) is 11.1 Å². The molecule has 6 heteroatoms. The highest BCUT2D eigenvalue weighted by molar-refractivity contribution is 5.80. The van der Waals surface area contributed by atoms with Crippen molar-refractivity contribution in [2.24, 2.45) is 5.18 Å². The van der Waals surface area contributed by atoms with Gasteiger partial charge in [-0.1, -0.05) is 6.07 Å². The first kappa shape index (κ1) is 11.0. The van der Waals surface area contributed by atoms with Gasteiger partial charge in [-0.2, -0.15) is 0 Å². The van der Waals surface area contributed by atoms with Gasteiger partial charge in [-0.25, -0.2) is 0 Å². The van der Waals surface area contributed by atoms with E-state index < -0.39 is 22.4 Å². The Morgan fingerprint density at radius 1 is 1.29 bits per heavy atom. The molecular weight excluding hydrogens is 224 g/mol. The van der Waals surface area contributed by atoms with Crippen LogP contribution in [0.1, 0.15) is 5.56 Å². The fourth-order valence-electron chi connectivity index (χ4n) is 1.57. The van der Waals surface area contributed by atoms with Crippen molar-refractivity contribution in [1.29, 1.82) is 0 Å². The van der Waals surface area contributed by atoms with Gasteiger partial charge in [-0.15, -0.1) is 4.91 Å². The van der Waals surface area contributed by atoms with Gasteiger partial charge in [-0.3, -0.25) is 9.59 Å². The minimum Gasteiger partial charge on any atom is -0.502 e. The smallest absolute Gasteiger partial charge is 0.281 e. The summed E-state index contributed by atoms with van der Waals surface area (Å²) in [4.78, 5) is 36.0. The zero-order valence-electron chi connectivity index (χ0n) is 8.85. The van der Waals surface area contributed by atoms with Gasteiger partial charge in [0.05, 0.1) is 5.52 Å². The van der Waals surface area contributed by atoms with Crippen molar-refractivity contribution in [2.45, 2.75) is 6.92 Å². The standard InChI is InChI=1S/C11H8N2O4/c1-5-2-3-6-7(4-5)12-11(16)8(13-17)10(15)9(6)14/h2-4H,1H3,(H,12,16)(H,14,15). The van der Waals surface area contributed by atoms with E-state index in [0.29, 0.717) is 0 Å². The molecule has 0 saturated heterocycles. The molecule has 1 heterocycles. The molecule has 2 rings (SSSR count). The normalized spacial score (nSPS) is 10.4. The molecule has 0 radical (unpaired) electrons. The van der Waals surface area contributed by atoms with E-state index in [4.69, 9.17) is 0 Å². The van der Waals surface area contributed by atoms with Crippen LogP contribution in [-0.2, 0) is 0 Å². The molecule has 2 aromatic rings. The zero-order valence-corrected chi connectivity index (χ0v) is 8.85. The summed E-state index contributed by atoms with van der Waals surface area (Å²) in [5, 5.41) is 12.0. The summed E-state index contributed by atoms with van der Waals surface area (Å²) in [6, 6.07) is 4.71. The van der Waals surface area contributed by atoms with E-state index in [-0.39, 0.29) is 10.9 Å². The number of nitroso groups, excluding NO2 is 1. The van der Waals surface area contributed by atoms with Crippen LogP contribution in [0.2, 0.25) is 0 Å². The first-order valence-electron chi connectivity index (χ1n) is 4.78. The van der Waals surface area contributed by atoms with Crippen molar-refractivity contribution in [1.82, 2.24) is 4.98 Å². The van der Waals surface area contributed by atoms with E-state index in [1.165, 1.54) is 6.07 Å². The fraction of sp³-hybridized carbons (Fsp3) is 0.0909. The molecule has 0 saturated carbocycles. The van der Waals surface area contributed by atoms with Crippen LogP contribution in [0.25, 0.3) is 10.9 Å². The van der Waals surface area contributed by atoms with E-state index >= 15 is 0 Å². The quantitative estimate of drug-likeness (QED) is 0.723. The Morgan fingerprint density at radius 3 is 2.65 bits per heavy atom. The van der Waals surface area contributed by atoms with E-state index in [9.17, 15) is 19.6 Å². The van der Waals surface area contributed by atoms with E-state index in [1.54, 1.807) is 19.1 Å². The first-order chi connectivity index (χ1) is 8.04. The summed E-state index contributed by atoms with van der Waals surface area (Å²) in [7, 11) is 0. The molecular formula is C11H8N2O4. The Bertz CT molecular complexity index is 734. The SMILES string of the molecule is Cc1ccc2c(=O)c(O)c(N=O)c(=O)[nH]c2c1. The van der Waals surface area contributed by atoms with Crippen molar-refractivity contribution >= 4 is 16.6 Å². The van der Waals surface area contributed by atoms with Crippen LogP contribution in [-0.4, -0.2) is 10.1 Å². The molecule has 0 unspecified atom stereocenters. The number of aromatic hydroxyl groups is 1. The van der Waals surface area contributed by atoms with Crippen molar-refractivity contribution in [3.8, 4) is 5.75 Å². The van der Waals surface area contributed by atoms with Gasteiger partial charge < -0.3 is 10.1 Å². The molecule has 0 aliphatic rings. The van der Waals surface area contributed by atoms with Gasteiger partial charge in [0.1, 0.15) is 0 Å². The summed E-state index contributed by atoms with van der Waals surface area (Å²) in [6.45, 7) is 1.79. The zero-order chi connectivity index (χ0) is 12.6. The summed E-state index contributed by atoms with van der Waals surface area (Å²) >= 11 is 0. The highest BCUT2D eigenvalue weighted by atomic mass is 16.3. The maximum Gasteiger partial charge on any atom is 0.281 e. The minimum atomic E-state index is -0.930.